The average molecular weight is 488 g/mol. The van der Waals surface area contributed by atoms with Crippen LogP contribution < -0.4 is 0 Å². The highest BCUT2D eigenvalue weighted by Gasteiger charge is 2.38. The highest BCUT2D eigenvalue weighted by molar-refractivity contribution is 8.18. The van der Waals surface area contributed by atoms with Gasteiger partial charge in [0.1, 0.15) is 11.5 Å². The highest BCUT2D eigenvalue weighted by Crippen LogP contribution is 2.39. The maximum absolute atomic E-state index is 13.5. The Morgan fingerprint density at radius 2 is 1.86 bits per heavy atom. The number of carbonyl (C=O) groups is 1. The van der Waals surface area contributed by atoms with E-state index in [0.717, 1.165) is 36.9 Å². The predicted octanol–water partition coefficient (Wildman–Crippen LogP) is 7.10. The molecule has 178 valence electrons. The largest absolute Gasteiger partial charge is 0.457 e. The summed E-state index contributed by atoms with van der Waals surface area (Å²) < 4.78 is 5.94. The second kappa shape index (κ2) is 9.92. The Morgan fingerprint density at radius 3 is 2.60 bits per heavy atom. The molecule has 0 bridgehead atoms. The van der Waals surface area contributed by atoms with Gasteiger partial charge in [-0.2, -0.15) is 0 Å². The summed E-state index contributed by atoms with van der Waals surface area (Å²) in [4.78, 5) is 31.4. The minimum absolute atomic E-state index is 0.000383. The van der Waals surface area contributed by atoms with Gasteiger partial charge in [0.2, 0.25) is 0 Å². The zero-order valence-corrected chi connectivity index (χ0v) is 20.2. The van der Waals surface area contributed by atoms with Gasteiger partial charge >= 0.3 is 0 Å². The van der Waals surface area contributed by atoms with Gasteiger partial charge in [0, 0.05) is 29.8 Å². The monoisotopic (exact) mass is 487 g/mol. The Morgan fingerprint density at radius 1 is 1.09 bits per heavy atom. The second-order valence-corrected chi connectivity index (χ2v) is 9.83. The number of amides is 1. The molecule has 3 aromatic rings. The Bertz CT molecular complexity index is 1320. The Labute approximate surface area is 207 Å². The third-order valence-corrected chi connectivity index (χ3v) is 7.26. The number of hydrogen-bond acceptors (Lipinski definition) is 6. The van der Waals surface area contributed by atoms with Crippen molar-refractivity contribution in [3.63, 3.8) is 0 Å². The van der Waals surface area contributed by atoms with Crippen molar-refractivity contribution in [1.29, 1.82) is 0 Å². The molecular formula is C27H25N3O4S. The van der Waals surface area contributed by atoms with E-state index in [1.165, 1.54) is 30.3 Å². The van der Waals surface area contributed by atoms with Gasteiger partial charge in [-0.25, -0.2) is 4.99 Å². The van der Waals surface area contributed by atoms with Gasteiger partial charge in [-0.1, -0.05) is 49.1 Å². The van der Waals surface area contributed by atoms with Gasteiger partial charge in [-0.15, -0.1) is 0 Å². The molecule has 0 unspecified atom stereocenters. The molecule has 1 saturated carbocycles. The van der Waals surface area contributed by atoms with Crippen LogP contribution in [0.2, 0.25) is 0 Å². The first-order valence-corrected chi connectivity index (χ1v) is 12.5. The molecule has 0 atom stereocenters. The summed E-state index contributed by atoms with van der Waals surface area (Å²) >= 11 is 1.36. The van der Waals surface area contributed by atoms with Gasteiger partial charge < -0.3 is 4.42 Å². The van der Waals surface area contributed by atoms with E-state index in [1.807, 2.05) is 36.1 Å². The lowest BCUT2D eigenvalue weighted by molar-refractivity contribution is -0.384. The summed E-state index contributed by atoms with van der Waals surface area (Å²) in [6.45, 7) is 2.03. The third kappa shape index (κ3) is 5.07. The smallest absolute Gasteiger partial charge is 0.270 e. The molecule has 35 heavy (non-hydrogen) atoms. The summed E-state index contributed by atoms with van der Waals surface area (Å²) in [6.07, 6.45) is 7.11. The van der Waals surface area contributed by atoms with Crippen LogP contribution in [0.5, 0.6) is 0 Å². The standard InChI is InChI=1S/C27H25N3O4S/c1-18-10-12-20(13-11-18)28-27-29(21-7-3-2-4-8-21)26(31)25(35-27)17-23-14-15-24(34-23)19-6-5-9-22(16-19)30(32)33/h5-6,9-17,21H,2-4,7-8H2,1H3/b25-17+,28-27?. The average Bonchev–Trinajstić information content (AvgIpc) is 3.46. The van der Waals surface area contributed by atoms with Crippen LogP contribution in [0.4, 0.5) is 11.4 Å². The Hall–Kier alpha value is -3.65. The van der Waals surface area contributed by atoms with Crippen molar-refractivity contribution < 1.29 is 14.1 Å². The van der Waals surface area contributed by atoms with Crippen LogP contribution in [0, 0.1) is 17.0 Å². The van der Waals surface area contributed by atoms with Crippen LogP contribution in [0.25, 0.3) is 17.4 Å². The molecule has 2 fully saturated rings. The number of amidine groups is 1. The SMILES string of the molecule is Cc1ccc(N=C2S/C(=C/c3ccc(-c4cccc([N+](=O)[O-])c4)o3)C(=O)N2C2CCCCC2)cc1. The predicted molar refractivity (Wildman–Crippen MR) is 138 cm³/mol. The number of nitro groups is 1. The van der Waals surface area contributed by atoms with E-state index >= 15 is 0 Å². The molecule has 1 aliphatic heterocycles. The molecule has 8 heteroatoms. The summed E-state index contributed by atoms with van der Waals surface area (Å²) in [5.41, 5.74) is 2.59. The number of non-ortho nitro benzene ring substituents is 1. The van der Waals surface area contributed by atoms with Gasteiger partial charge in [0.05, 0.1) is 15.5 Å². The zero-order chi connectivity index (χ0) is 24.4. The Balaban J connectivity index is 1.45. The first-order chi connectivity index (χ1) is 17.0. The van der Waals surface area contributed by atoms with E-state index in [2.05, 4.69) is 0 Å². The lowest BCUT2D eigenvalue weighted by atomic mass is 9.94. The van der Waals surface area contributed by atoms with Crippen molar-refractivity contribution >= 4 is 40.3 Å². The van der Waals surface area contributed by atoms with Crippen LogP contribution in [0.1, 0.15) is 43.4 Å². The zero-order valence-electron chi connectivity index (χ0n) is 19.3. The van der Waals surface area contributed by atoms with E-state index in [-0.39, 0.29) is 17.6 Å². The van der Waals surface area contributed by atoms with Gasteiger partial charge in [-0.3, -0.25) is 19.8 Å². The highest BCUT2D eigenvalue weighted by atomic mass is 32.2. The molecule has 0 N–H and O–H groups in total. The van der Waals surface area contributed by atoms with Gasteiger partial charge in [0.15, 0.2) is 5.17 Å². The Kier molecular flexibility index (Phi) is 6.55. The molecule has 2 heterocycles. The fourth-order valence-electron chi connectivity index (χ4n) is 4.44. The number of hydrogen-bond donors (Lipinski definition) is 0. The first-order valence-electron chi connectivity index (χ1n) is 11.7. The topological polar surface area (TPSA) is 89.0 Å². The number of benzene rings is 2. The van der Waals surface area contributed by atoms with Crippen molar-refractivity contribution in [3.05, 3.63) is 87.0 Å². The maximum Gasteiger partial charge on any atom is 0.270 e. The number of nitro benzene ring substituents is 1. The van der Waals surface area contributed by atoms with E-state index in [4.69, 9.17) is 9.41 Å². The van der Waals surface area contributed by atoms with Gasteiger partial charge in [0.25, 0.3) is 11.6 Å². The summed E-state index contributed by atoms with van der Waals surface area (Å²) in [5.74, 6) is 0.970. The van der Waals surface area contributed by atoms with Crippen molar-refractivity contribution in [1.82, 2.24) is 4.90 Å². The minimum Gasteiger partial charge on any atom is -0.457 e. The quantitative estimate of drug-likeness (QED) is 0.217. The molecule has 1 amide bonds. The summed E-state index contributed by atoms with van der Waals surface area (Å²) in [7, 11) is 0. The molecule has 1 aromatic heterocycles. The van der Waals surface area contributed by atoms with E-state index in [9.17, 15) is 14.9 Å². The summed E-state index contributed by atoms with van der Waals surface area (Å²) in [5, 5.41) is 11.8. The van der Waals surface area contributed by atoms with Crippen molar-refractivity contribution in [3.8, 4) is 11.3 Å². The van der Waals surface area contributed by atoms with Crippen LogP contribution in [-0.4, -0.2) is 26.9 Å². The van der Waals surface area contributed by atoms with E-state index < -0.39 is 4.92 Å². The minimum atomic E-state index is -0.433. The number of aliphatic imine (C=N–C) groups is 1. The van der Waals surface area contributed by atoms with E-state index in [0.29, 0.717) is 27.2 Å². The lowest BCUT2D eigenvalue weighted by Gasteiger charge is -2.30. The molecule has 7 nitrogen and oxygen atoms in total. The lowest BCUT2D eigenvalue weighted by Crippen LogP contribution is -2.40. The molecule has 0 radical (unpaired) electrons. The molecular weight excluding hydrogens is 462 g/mol. The van der Waals surface area contributed by atoms with E-state index in [1.54, 1.807) is 30.3 Å². The molecule has 5 rings (SSSR count). The number of aryl methyl sites for hydroxylation is 1. The molecule has 2 aliphatic rings. The van der Waals surface area contributed by atoms with Crippen LogP contribution >= 0.6 is 11.8 Å². The number of furan rings is 1. The number of rotatable bonds is 5. The molecule has 1 saturated heterocycles. The number of nitrogens with zero attached hydrogens (tertiary/aromatic N) is 3. The van der Waals surface area contributed by atoms with Crippen molar-refractivity contribution in [2.75, 3.05) is 0 Å². The molecule has 0 spiro atoms. The van der Waals surface area contributed by atoms with Crippen LogP contribution in [-0.2, 0) is 4.79 Å². The third-order valence-electron chi connectivity index (χ3n) is 6.28. The second-order valence-electron chi connectivity index (χ2n) is 8.82. The molecule has 2 aromatic carbocycles. The maximum atomic E-state index is 13.5. The van der Waals surface area contributed by atoms with Crippen molar-refractivity contribution in [2.24, 2.45) is 4.99 Å². The number of thioether (sulfide) groups is 1. The fraction of sp³-hybridized carbons (Fsp3) is 0.259. The molecule has 1 aliphatic carbocycles. The summed E-state index contributed by atoms with van der Waals surface area (Å²) in [6, 6.07) is 17.9. The van der Waals surface area contributed by atoms with Crippen LogP contribution in [0.3, 0.4) is 0 Å². The van der Waals surface area contributed by atoms with Gasteiger partial charge in [-0.05, 0) is 55.8 Å². The van der Waals surface area contributed by atoms with Crippen LogP contribution in [0.15, 0.2) is 75.0 Å². The number of carbonyl (C=O) groups excluding carboxylic acids is 1. The fourth-order valence-corrected chi connectivity index (χ4v) is 5.48. The first kappa shape index (κ1) is 23.1. The van der Waals surface area contributed by atoms with Crippen molar-refractivity contribution in [2.45, 2.75) is 45.1 Å². The normalized spacial score (nSPS) is 19.1.